The first-order valence-electron chi connectivity index (χ1n) is 12.5. The van der Waals surface area contributed by atoms with Crippen LogP contribution in [0, 0.1) is 6.92 Å². The first-order chi connectivity index (χ1) is 18.5. The fourth-order valence-electron chi connectivity index (χ4n) is 4.63. The lowest BCUT2D eigenvalue weighted by Crippen LogP contribution is -1.97. The van der Waals surface area contributed by atoms with Crippen molar-refractivity contribution in [3.63, 3.8) is 0 Å². The van der Waals surface area contributed by atoms with Crippen LogP contribution in [0.4, 0.5) is 0 Å². The van der Waals surface area contributed by atoms with Gasteiger partial charge in [0.1, 0.15) is 11.5 Å². The molecule has 0 spiro atoms. The Hall–Kier alpha value is -4.90. The molecule has 5 rings (SSSR count). The summed E-state index contributed by atoms with van der Waals surface area (Å²) in [6.07, 6.45) is 5.40. The summed E-state index contributed by atoms with van der Waals surface area (Å²) in [4.78, 5) is 10.9. The number of para-hydroxylation sites is 1. The lowest BCUT2D eigenvalue weighted by molar-refractivity contribution is -0.131. The van der Waals surface area contributed by atoms with Crippen molar-refractivity contribution in [3.05, 3.63) is 131 Å². The van der Waals surface area contributed by atoms with Crippen molar-refractivity contribution in [2.75, 3.05) is 0 Å². The number of aliphatic carboxylic acids is 1. The summed E-state index contributed by atoms with van der Waals surface area (Å²) >= 11 is 0. The molecule has 0 saturated heterocycles. The van der Waals surface area contributed by atoms with Crippen molar-refractivity contribution >= 4 is 34.1 Å². The Morgan fingerprint density at radius 2 is 1.66 bits per heavy atom. The van der Waals surface area contributed by atoms with Crippen molar-refractivity contribution in [3.8, 4) is 11.5 Å². The average Bonchev–Trinajstić information content (AvgIpc) is 3.41. The highest BCUT2D eigenvalue weighted by molar-refractivity contribution is 6.00. The minimum atomic E-state index is -0.966. The van der Waals surface area contributed by atoms with Gasteiger partial charge in [-0.05, 0) is 94.8 Å². The molecule has 0 aliphatic heterocycles. The normalized spacial score (nSPS) is 12.1. The zero-order valence-electron chi connectivity index (χ0n) is 21.3. The molecule has 1 heterocycles. The molecule has 2 N–H and O–H groups in total. The Balaban J connectivity index is 1.62. The third kappa shape index (κ3) is 5.42. The van der Waals surface area contributed by atoms with Gasteiger partial charge in [-0.2, -0.15) is 5.10 Å². The van der Waals surface area contributed by atoms with Crippen molar-refractivity contribution < 1.29 is 14.6 Å². The number of nitrogens with zero attached hydrogens (tertiary/aromatic N) is 1. The van der Waals surface area contributed by atoms with Gasteiger partial charge in [-0.15, -0.1) is 0 Å². The van der Waals surface area contributed by atoms with Gasteiger partial charge in [0, 0.05) is 11.5 Å². The summed E-state index contributed by atoms with van der Waals surface area (Å²) in [6, 6.07) is 30.4. The molecular weight excluding hydrogens is 472 g/mol. The van der Waals surface area contributed by atoms with E-state index in [1.165, 1.54) is 5.57 Å². The van der Waals surface area contributed by atoms with E-state index in [9.17, 15) is 4.79 Å². The maximum absolute atomic E-state index is 10.9. The first kappa shape index (κ1) is 24.8. The highest BCUT2D eigenvalue weighted by Crippen LogP contribution is 2.37. The predicted octanol–water partition coefficient (Wildman–Crippen LogP) is 8.13. The van der Waals surface area contributed by atoms with Gasteiger partial charge in [0.25, 0.3) is 0 Å². The second-order valence-electron chi connectivity index (χ2n) is 9.07. The van der Waals surface area contributed by atoms with E-state index in [-0.39, 0.29) is 0 Å². The second kappa shape index (κ2) is 11.0. The van der Waals surface area contributed by atoms with Crippen LogP contribution in [0.5, 0.6) is 11.5 Å². The summed E-state index contributed by atoms with van der Waals surface area (Å²) in [5.74, 6) is 0.665. The van der Waals surface area contributed by atoms with Crippen LogP contribution < -0.4 is 4.74 Å². The quantitative estimate of drug-likeness (QED) is 0.167. The number of nitrogens with one attached hydrogen (secondary N) is 1. The molecule has 5 aromatic rings. The number of H-pyrrole nitrogens is 1. The van der Waals surface area contributed by atoms with Gasteiger partial charge in [0.15, 0.2) is 0 Å². The zero-order chi connectivity index (χ0) is 26.5. The number of carboxylic acid groups (broad SMARTS) is 1. The Morgan fingerprint density at radius 1 is 0.921 bits per heavy atom. The molecule has 0 unspecified atom stereocenters. The van der Waals surface area contributed by atoms with E-state index in [4.69, 9.17) is 9.84 Å². The van der Waals surface area contributed by atoms with Crippen LogP contribution in [0.15, 0.2) is 103 Å². The number of benzene rings is 4. The van der Waals surface area contributed by atoms with Crippen LogP contribution in [-0.4, -0.2) is 21.3 Å². The van der Waals surface area contributed by atoms with Gasteiger partial charge in [-0.25, -0.2) is 4.79 Å². The second-order valence-corrected chi connectivity index (χ2v) is 9.07. The van der Waals surface area contributed by atoms with Crippen LogP contribution in [0.25, 0.3) is 28.1 Å². The Bertz CT molecular complexity index is 1650. The molecule has 5 nitrogen and oxygen atoms in total. The summed E-state index contributed by atoms with van der Waals surface area (Å²) in [6.45, 7) is 4.23. The number of ether oxygens (including phenoxy) is 1. The Labute approximate surface area is 221 Å². The Morgan fingerprint density at radius 3 is 2.37 bits per heavy atom. The Kier molecular flexibility index (Phi) is 7.18. The third-order valence-corrected chi connectivity index (χ3v) is 6.50. The first-order valence-corrected chi connectivity index (χ1v) is 12.5. The number of rotatable bonds is 8. The molecule has 1 aromatic heterocycles. The van der Waals surface area contributed by atoms with E-state index in [0.29, 0.717) is 0 Å². The van der Waals surface area contributed by atoms with Crippen LogP contribution in [-0.2, 0) is 4.79 Å². The SMILES string of the molecule is CCC(=C(c1ccc(C=CC(=O)O)cc1)c1ccc2[nH]ncc2c1)c1ccc(Oc2ccccc2)c(C)c1. The summed E-state index contributed by atoms with van der Waals surface area (Å²) < 4.78 is 6.12. The average molecular weight is 501 g/mol. The van der Waals surface area contributed by atoms with Gasteiger partial charge in [-0.1, -0.05) is 61.5 Å². The van der Waals surface area contributed by atoms with Gasteiger partial charge >= 0.3 is 5.97 Å². The number of aromatic nitrogens is 2. The van der Waals surface area contributed by atoms with Crippen LogP contribution >= 0.6 is 0 Å². The maximum atomic E-state index is 10.9. The lowest BCUT2D eigenvalue weighted by atomic mass is 9.87. The van der Waals surface area contributed by atoms with Crippen molar-refractivity contribution in [1.29, 1.82) is 0 Å². The van der Waals surface area contributed by atoms with E-state index in [1.54, 1.807) is 6.08 Å². The van der Waals surface area contributed by atoms with Crippen molar-refractivity contribution in [1.82, 2.24) is 10.2 Å². The number of allylic oxidation sites excluding steroid dienone is 1. The fourth-order valence-corrected chi connectivity index (χ4v) is 4.63. The smallest absolute Gasteiger partial charge is 0.328 e. The largest absolute Gasteiger partial charge is 0.478 e. The molecule has 4 aromatic carbocycles. The standard InChI is InChI=1S/C33H28N2O3/c1-3-29(25-15-17-31(22(2)19-25)38-28-7-5-4-6-8-28)33(26-14-16-30-27(20-26)21-34-35-30)24-12-9-23(10-13-24)11-18-32(36)37/h4-21H,3H2,1-2H3,(H,34,35)(H,36,37). The van der Waals surface area contributed by atoms with E-state index in [0.717, 1.165) is 68.3 Å². The maximum Gasteiger partial charge on any atom is 0.328 e. The van der Waals surface area contributed by atoms with E-state index >= 15 is 0 Å². The van der Waals surface area contributed by atoms with Gasteiger partial charge in [0.2, 0.25) is 0 Å². The molecule has 0 atom stereocenters. The molecule has 0 fully saturated rings. The number of aromatic amines is 1. The minimum Gasteiger partial charge on any atom is -0.478 e. The third-order valence-electron chi connectivity index (χ3n) is 6.50. The predicted molar refractivity (Wildman–Crippen MR) is 153 cm³/mol. The lowest BCUT2D eigenvalue weighted by Gasteiger charge is -2.18. The highest BCUT2D eigenvalue weighted by Gasteiger charge is 2.15. The number of carboxylic acids is 1. The van der Waals surface area contributed by atoms with Crippen LogP contribution in [0.2, 0.25) is 0 Å². The summed E-state index contributed by atoms with van der Waals surface area (Å²) in [7, 11) is 0. The molecule has 0 saturated carbocycles. The topological polar surface area (TPSA) is 75.2 Å². The number of aryl methyl sites for hydroxylation is 1. The minimum absolute atomic E-state index is 0.806. The molecule has 0 bridgehead atoms. The molecule has 0 radical (unpaired) electrons. The van der Waals surface area contributed by atoms with Gasteiger partial charge in [0.05, 0.1) is 11.7 Å². The van der Waals surface area contributed by atoms with E-state index in [2.05, 4.69) is 54.4 Å². The number of hydrogen-bond acceptors (Lipinski definition) is 3. The molecule has 5 heteroatoms. The molecule has 38 heavy (non-hydrogen) atoms. The summed E-state index contributed by atoms with van der Waals surface area (Å²) in [5, 5.41) is 17.2. The van der Waals surface area contributed by atoms with Crippen molar-refractivity contribution in [2.45, 2.75) is 20.3 Å². The number of carbonyl (C=O) groups is 1. The molecule has 0 amide bonds. The number of hydrogen-bond donors (Lipinski definition) is 2. The van der Waals surface area contributed by atoms with Crippen LogP contribution in [0.1, 0.15) is 41.2 Å². The molecular formula is C33H28N2O3. The van der Waals surface area contributed by atoms with Gasteiger partial charge < -0.3 is 9.84 Å². The molecule has 0 aliphatic rings. The monoisotopic (exact) mass is 500 g/mol. The van der Waals surface area contributed by atoms with Gasteiger partial charge in [-0.3, -0.25) is 5.10 Å². The zero-order valence-corrected chi connectivity index (χ0v) is 21.3. The summed E-state index contributed by atoms with van der Waals surface area (Å²) in [5.41, 5.74) is 8.47. The fraction of sp³-hybridized carbons (Fsp3) is 0.0909. The molecule has 0 aliphatic carbocycles. The van der Waals surface area contributed by atoms with E-state index < -0.39 is 5.97 Å². The number of fused-ring (bicyclic) bond motifs is 1. The molecule has 188 valence electrons. The van der Waals surface area contributed by atoms with Crippen molar-refractivity contribution in [2.24, 2.45) is 0 Å². The van der Waals surface area contributed by atoms with E-state index in [1.807, 2.05) is 66.9 Å². The highest BCUT2D eigenvalue weighted by atomic mass is 16.5. The van der Waals surface area contributed by atoms with Crippen LogP contribution in [0.3, 0.4) is 0 Å².